The van der Waals surface area contributed by atoms with Crippen molar-refractivity contribution >= 4 is 6.09 Å². The Bertz CT molecular complexity index is 666. The standard InChI is InChI=1S/C18H22N2O2/c1-13-6-5-7-15(19-13)8-9-18-10-14(18)11-20(12-18)16(21)22-17(2,3)4/h5-7,14H,10-12H2,1-4H3. The van der Waals surface area contributed by atoms with E-state index in [0.29, 0.717) is 12.5 Å². The lowest BCUT2D eigenvalue weighted by molar-refractivity contribution is 0.0268. The number of rotatable bonds is 0. The average molecular weight is 298 g/mol. The quantitative estimate of drug-likeness (QED) is 0.692. The number of hydrogen-bond donors (Lipinski definition) is 0. The fourth-order valence-electron chi connectivity index (χ4n) is 2.94. The van der Waals surface area contributed by atoms with E-state index in [4.69, 9.17) is 4.74 Å². The maximum atomic E-state index is 12.1. The summed E-state index contributed by atoms with van der Waals surface area (Å²) in [7, 11) is 0. The molecular formula is C18H22N2O2. The molecule has 4 heteroatoms. The fraction of sp³-hybridized carbons (Fsp3) is 0.556. The van der Waals surface area contributed by atoms with Crippen LogP contribution in [0, 0.1) is 30.1 Å². The molecule has 0 radical (unpaired) electrons. The number of piperidine rings is 1. The van der Waals surface area contributed by atoms with Crippen molar-refractivity contribution in [2.75, 3.05) is 13.1 Å². The predicted molar refractivity (Wildman–Crippen MR) is 84.2 cm³/mol. The summed E-state index contributed by atoms with van der Waals surface area (Å²) >= 11 is 0. The first-order valence-corrected chi connectivity index (χ1v) is 7.72. The number of aryl methyl sites for hydroxylation is 1. The van der Waals surface area contributed by atoms with E-state index < -0.39 is 5.60 Å². The number of carbonyl (C=O) groups is 1. The van der Waals surface area contributed by atoms with Crippen LogP contribution in [-0.2, 0) is 4.74 Å². The highest BCUT2D eigenvalue weighted by atomic mass is 16.6. The van der Waals surface area contributed by atoms with Gasteiger partial charge >= 0.3 is 6.09 Å². The van der Waals surface area contributed by atoms with Gasteiger partial charge in [-0.1, -0.05) is 12.0 Å². The molecule has 2 unspecified atom stereocenters. The SMILES string of the molecule is Cc1cccc(C#CC23CC2CN(C(=O)OC(C)(C)C)C3)n1. The minimum Gasteiger partial charge on any atom is -0.444 e. The molecule has 1 aliphatic carbocycles. The number of fused-ring (bicyclic) bond motifs is 1. The lowest BCUT2D eigenvalue weighted by atomic mass is 10.1. The molecule has 3 rings (SSSR count). The van der Waals surface area contributed by atoms with Crippen molar-refractivity contribution < 1.29 is 9.53 Å². The Kier molecular flexibility index (Phi) is 3.40. The molecule has 2 atom stereocenters. The van der Waals surface area contributed by atoms with Crippen LogP contribution in [0.15, 0.2) is 18.2 Å². The molecule has 116 valence electrons. The van der Waals surface area contributed by atoms with E-state index in [9.17, 15) is 4.79 Å². The summed E-state index contributed by atoms with van der Waals surface area (Å²) < 4.78 is 5.44. The molecule has 0 spiro atoms. The molecule has 1 saturated heterocycles. The third kappa shape index (κ3) is 3.09. The van der Waals surface area contributed by atoms with Gasteiger partial charge in [-0.2, -0.15) is 0 Å². The van der Waals surface area contributed by atoms with E-state index in [1.54, 1.807) is 4.90 Å². The minimum atomic E-state index is -0.450. The fourth-order valence-corrected chi connectivity index (χ4v) is 2.94. The second kappa shape index (κ2) is 5.01. The number of likely N-dealkylation sites (tertiary alicyclic amines) is 1. The monoisotopic (exact) mass is 298 g/mol. The molecule has 1 saturated carbocycles. The van der Waals surface area contributed by atoms with Crippen molar-refractivity contribution in [2.24, 2.45) is 11.3 Å². The number of amides is 1. The zero-order chi connectivity index (χ0) is 16.0. The topological polar surface area (TPSA) is 42.4 Å². The van der Waals surface area contributed by atoms with Gasteiger partial charge in [0.2, 0.25) is 0 Å². The number of nitrogens with zero attached hydrogens (tertiary/aromatic N) is 2. The third-order valence-corrected chi connectivity index (χ3v) is 4.13. The van der Waals surface area contributed by atoms with Gasteiger partial charge in [0.25, 0.3) is 0 Å². The van der Waals surface area contributed by atoms with Gasteiger partial charge in [-0.25, -0.2) is 9.78 Å². The van der Waals surface area contributed by atoms with Crippen LogP contribution in [-0.4, -0.2) is 34.7 Å². The molecular weight excluding hydrogens is 276 g/mol. The van der Waals surface area contributed by atoms with Crippen molar-refractivity contribution in [3.8, 4) is 11.8 Å². The van der Waals surface area contributed by atoms with Crippen LogP contribution >= 0.6 is 0 Å². The maximum absolute atomic E-state index is 12.1. The highest BCUT2D eigenvalue weighted by Gasteiger charge is 2.60. The lowest BCUT2D eigenvalue weighted by Crippen LogP contribution is -2.37. The average Bonchev–Trinajstić information content (AvgIpc) is 2.96. The van der Waals surface area contributed by atoms with Crippen LogP contribution < -0.4 is 0 Å². The van der Waals surface area contributed by atoms with E-state index in [1.165, 1.54) is 0 Å². The van der Waals surface area contributed by atoms with E-state index in [2.05, 4.69) is 16.8 Å². The first kappa shape index (κ1) is 14.9. The lowest BCUT2D eigenvalue weighted by Gasteiger charge is -2.25. The van der Waals surface area contributed by atoms with E-state index in [1.807, 2.05) is 45.9 Å². The van der Waals surface area contributed by atoms with Gasteiger partial charge in [0.1, 0.15) is 11.3 Å². The minimum absolute atomic E-state index is 0.0394. The molecule has 2 aliphatic rings. The second-order valence-corrected chi connectivity index (χ2v) is 7.33. The van der Waals surface area contributed by atoms with Crippen LogP contribution in [0.25, 0.3) is 0 Å². The number of aromatic nitrogens is 1. The highest BCUT2D eigenvalue weighted by molar-refractivity contribution is 5.69. The van der Waals surface area contributed by atoms with E-state index in [-0.39, 0.29) is 11.5 Å². The smallest absolute Gasteiger partial charge is 0.410 e. The molecule has 4 nitrogen and oxygen atoms in total. The van der Waals surface area contributed by atoms with Crippen LogP contribution in [0.1, 0.15) is 38.6 Å². The Hall–Kier alpha value is -2.02. The summed E-state index contributed by atoms with van der Waals surface area (Å²) in [6.07, 6.45) is 0.847. The van der Waals surface area contributed by atoms with Gasteiger partial charge in [0.15, 0.2) is 0 Å². The van der Waals surface area contributed by atoms with Crippen molar-refractivity contribution in [3.63, 3.8) is 0 Å². The van der Waals surface area contributed by atoms with E-state index in [0.717, 1.165) is 24.4 Å². The summed E-state index contributed by atoms with van der Waals surface area (Å²) in [5, 5.41) is 0. The third-order valence-electron chi connectivity index (χ3n) is 4.13. The molecule has 0 N–H and O–H groups in total. The number of hydrogen-bond acceptors (Lipinski definition) is 3. The molecule has 2 fully saturated rings. The molecule has 0 aromatic carbocycles. The largest absolute Gasteiger partial charge is 0.444 e. The van der Waals surface area contributed by atoms with Gasteiger partial charge in [-0.15, -0.1) is 0 Å². The summed E-state index contributed by atoms with van der Waals surface area (Å²) in [6, 6.07) is 5.86. The van der Waals surface area contributed by atoms with Gasteiger partial charge in [0.05, 0.1) is 5.41 Å². The first-order valence-electron chi connectivity index (χ1n) is 7.72. The Morgan fingerprint density at radius 1 is 1.45 bits per heavy atom. The normalized spacial score (nSPS) is 26.0. The zero-order valence-corrected chi connectivity index (χ0v) is 13.6. The van der Waals surface area contributed by atoms with Crippen LogP contribution in [0.3, 0.4) is 0 Å². The molecule has 0 bridgehead atoms. The summed E-state index contributed by atoms with van der Waals surface area (Å²) in [6.45, 7) is 9.06. The Morgan fingerprint density at radius 2 is 2.23 bits per heavy atom. The van der Waals surface area contributed by atoms with Crippen molar-refractivity contribution in [3.05, 3.63) is 29.6 Å². The molecule has 1 aliphatic heterocycles. The molecule has 1 aromatic heterocycles. The predicted octanol–water partition coefficient (Wildman–Crippen LogP) is 3.00. The maximum Gasteiger partial charge on any atom is 0.410 e. The number of carbonyl (C=O) groups excluding carboxylic acids is 1. The molecule has 1 amide bonds. The second-order valence-electron chi connectivity index (χ2n) is 7.33. The summed E-state index contributed by atoms with van der Waals surface area (Å²) in [4.78, 5) is 18.3. The number of ether oxygens (including phenoxy) is 1. The summed E-state index contributed by atoms with van der Waals surface area (Å²) in [5.41, 5.74) is 1.28. The van der Waals surface area contributed by atoms with Crippen molar-refractivity contribution in [2.45, 2.75) is 39.7 Å². The highest BCUT2D eigenvalue weighted by Crippen LogP contribution is 2.57. The van der Waals surface area contributed by atoms with Gasteiger partial charge < -0.3 is 9.64 Å². The zero-order valence-electron chi connectivity index (χ0n) is 13.6. The van der Waals surface area contributed by atoms with Crippen LogP contribution in [0.4, 0.5) is 4.79 Å². The summed E-state index contributed by atoms with van der Waals surface area (Å²) in [5.74, 6) is 7.02. The van der Waals surface area contributed by atoms with Crippen LogP contribution in [0.5, 0.6) is 0 Å². The van der Waals surface area contributed by atoms with Crippen molar-refractivity contribution in [1.29, 1.82) is 0 Å². The van der Waals surface area contributed by atoms with Gasteiger partial charge in [-0.3, -0.25) is 0 Å². The first-order chi connectivity index (χ1) is 10.3. The van der Waals surface area contributed by atoms with Crippen LogP contribution in [0.2, 0.25) is 0 Å². The molecule has 2 heterocycles. The number of pyridine rings is 1. The van der Waals surface area contributed by atoms with Gasteiger partial charge in [0, 0.05) is 18.8 Å². The van der Waals surface area contributed by atoms with E-state index >= 15 is 0 Å². The Morgan fingerprint density at radius 3 is 2.91 bits per heavy atom. The van der Waals surface area contributed by atoms with Crippen molar-refractivity contribution in [1.82, 2.24) is 9.88 Å². The van der Waals surface area contributed by atoms with Gasteiger partial charge in [-0.05, 0) is 58.1 Å². The molecule has 22 heavy (non-hydrogen) atoms. The Labute approximate surface area is 131 Å². The Balaban J connectivity index is 1.67. The molecule has 1 aromatic rings.